The molecule has 1 fully saturated rings. The number of anilines is 1. The molecule has 0 N–H and O–H groups in total. The summed E-state index contributed by atoms with van der Waals surface area (Å²) in [6.07, 6.45) is -3.00. The number of benzene rings is 1. The Balaban J connectivity index is 2.40. The number of hydrogen-bond donors (Lipinski definition) is 0. The highest BCUT2D eigenvalue weighted by molar-refractivity contribution is 5.63. The van der Waals surface area contributed by atoms with Crippen LogP contribution in [0.25, 0.3) is 0 Å². The van der Waals surface area contributed by atoms with Crippen LogP contribution in [-0.4, -0.2) is 18.1 Å². The Labute approximate surface area is 106 Å². The highest BCUT2D eigenvalue weighted by atomic mass is 19.4. The van der Waals surface area contributed by atoms with Crippen LogP contribution in [0.2, 0.25) is 0 Å². The summed E-state index contributed by atoms with van der Waals surface area (Å²) in [7, 11) is 0. The maximum Gasteiger partial charge on any atom is 0.416 e. The number of hydroxylamine groups is 1. The number of rotatable bonds is 2. The normalized spacial score (nSPS) is 16.5. The van der Waals surface area contributed by atoms with E-state index in [0.29, 0.717) is 19.2 Å². The van der Waals surface area contributed by atoms with Gasteiger partial charge in [0.2, 0.25) is 0 Å². The molecule has 0 amide bonds. The topological polar surface area (TPSA) is 55.6 Å². The van der Waals surface area contributed by atoms with Crippen LogP contribution in [0.4, 0.5) is 24.5 Å². The van der Waals surface area contributed by atoms with Gasteiger partial charge in [0.15, 0.2) is 0 Å². The van der Waals surface area contributed by atoms with E-state index in [4.69, 9.17) is 4.84 Å². The zero-order valence-corrected chi connectivity index (χ0v) is 9.81. The molecule has 8 heteroatoms. The van der Waals surface area contributed by atoms with Gasteiger partial charge in [0.25, 0.3) is 5.69 Å². The van der Waals surface area contributed by atoms with E-state index in [0.717, 1.165) is 25.0 Å². The van der Waals surface area contributed by atoms with Gasteiger partial charge in [-0.1, -0.05) is 0 Å². The van der Waals surface area contributed by atoms with Gasteiger partial charge < -0.3 is 0 Å². The minimum Gasteiger partial charge on any atom is -0.273 e. The van der Waals surface area contributed by atoms with Crippen molar-refractivity contribution in [3.05, 3.63) is 33.9 Å². The van der Waals surface area contributed by atoms with Crippen molar-refractivity contribution in [2.75, 3.05) is 18.2 Å². The van der Waals surface area contributed by atoms with Crippen LogP contribution in [0, 0.1) is 10.1 Å². The lowest BCUT2D eigenvalue weighted by Gasteiger charge is -2.27. The quantitative estimate of drug-likeness (QED) is 0.615. The van der Waals surface area contributed by atoms with Crippen LogP contribution < -0.4 is 5.06 Å². The fourth-order valence-electron chi connectivity index (χ4n) is 1.84. The molecule has 19 heavy (non-hydrogen) atoms. The van der Waals surface area contributed by atoms with Gasteiger partial charge in [-0.15, -0.1) is 0 Å². The standard InChI is InChI=1S/C11H11F3N2O3/c12-11(13,14)8-3-4-9(10(7-8)16(17)18)15-5-1-2-6-19-15/h3-4,7H,1-2,5-6H2. The highest BCUT2D eigenvalue weighted by Gasteiger charge is 2.34. The summed E-state index contributed by atoms with van der Waals surface area (Å²) in [4.78, 5) is 15.3. The molecular formula is C11H11F3N2O3. The SMILES string of the molecule is O=[N+]([O-])c1cc(C(F)(F)F)ccc1N1CCCCO1. The molecule has 0 bridgehead atoms. The Hall–Kier alpha value is -1.83. The molecule has 1 saturated heterocycles. The minimum atomic E-state index is -4.61. The molecule has 1 aliphatic rings. The molecule has 1 heterocycles. The summed E-state index contributed by atoms with van der Waals surface area (Å²) >= 11 is 0. The highest BCUT2D eigenvalue weighted by Crippen LogP contribution is 2.37. The Bertz CT molecular complexity index is 485. The number of nitro groups is 1. The van der Waals surface area contributed by atoms with Crippen molar-refractivity contribution in [1.82, 2.24) is 0 Å². The predicted molar refractivity (Wildman–Crippen MR) is 60.6 cm³/mol. The maximum atomic E-state index is 12.5. The summed E-state index contributed by atoms with van der Waals surface area (Å²) in [5.74, 6) is 0. The predicted octanol–water partition coefficient (Wildman–Crippen LogP) is 3.15. The summed E-state index contributed by atoms with van der Waals surface area (Å²) < 4.78 is 37.6. The molecule has 0 radical (unpaired) electrons. The van der Waals surface area contributed by atoms with Gasteiger partial charge in [0.1, 0.15) is 5.69 Å². The van der Waals surface area contributed by atoms with Crippen LogP contribution in [0.15, 0.2) is 18.2 Å². The van der Waals surface area contributed by atoms with Crippen molar-refractivity contribution in [2.45, 2.75) is 19.0 Å². The van der Waals surface area contributed by atoms with E-state index in [1.165, 1.54) is 5.06 Å². The summed E-state index contributed by atoms with van der Waals surface area (Å²) in [6.45, 7) is 0.824. The molecule has 0 saturated carbocycles. The van der Waals surface area contributed by atoms with Crippen molar-refractivity contribution in [3.8, 4) is 0 Å². The van der Waals surface area contributed by atoms with E-state index in [9.17, 15) is 23.3 Å². The monoisotopic (exact) mass is 276 g/mol. The third-order valence-corrected chi connectivity index (χ3v) is 2.77. The lowest BCUT2D eigenvalue weighted by atomic mass is 10.1. The lowest BCUT2D eigenvalue weighted by Crippen LogP contribution is -2.30. The van der Waals surface area contributed by atoms with Gasteiger partial charge in [-0.25, -0.2) is 5.06 Å². The first-order chi connectivity index (χ1) is 8.89. The molecule has 1 aromatic rings. The first-order valence-corrected chi connectivity index (χ1v) is 5.65. The average molecular weight is 276 g/mol. The number of nitro benzene ring substituents is 1. The number of hydrogen-bond acceptors (Lipinski definition) is 4. The van der Waals surface area contributed by atoms with Crippen molar-refractivity contribution >= 4 is 11.4 Å². The van der Waals surface area contributed by atoms with Crippen LogP contribution >= 0.6 is 0 Å². The fraction of sp³-hybridized carbons (Fsp3) is 0.455. The molecule has 1 aromatic carbocycles. The van der Waals surface area contributed by atoms with Gasteiger partial charge in [0.05, 0.1) is 17.1 Å². The van der Waals surface area contributed by atoms with Crippen molar-refractivity contribution in [1.29, 1.82) is 0 Å². The van der Waals surface area contributed by atoms with Crippen molar-refractivity contribution < 1.29 is 22.9 Å². The van der Waals surface area contributed by atoms with E-state index in [1.54, 1.807) is 0 Å². The van der Waals surface area contributed by atoms with E-state index >= 15 is 0 Å². The second-order valence-electron chi connectivity index (χ2n) is 4.10. The van der Waals surface area contributed by atoms with E-state index in [2.05, 4.69) is 0 Å². The van der Waals surface area contributed by atoms with E-state index in [-0.39, 0.29) is 5.69 Å². The largest absolute Gasteiger partial charge is 0.416 e. The molecule has 0 aliphatic carbocycles. The van der Waals surface area contributed by atoms with Crippen molar-refractivity contribution in [3.63, 3.8) is 0 Å². The molecule has 1 aliphatic heterocycles. The summed E-state index contributed by atoms with van der Waals surface area (Å²) in [5.41, 5.74) is -1.59. The zero-order chi connectivity index (χ0) is 14.0. The van der Waals surface area contributed by atoms with Crippen LogP contribution in [-0.2, 0) is 11.0 Å². The fourth-order valence-corrected chi connectivity index (χ4v) is 1.84. The van der Waals surface area contributed by atoms with Gasteiger partial charge in [-0.05, 0) is 25.0 Å². The second-order valence-corrected chi connectivity index (χ2v) is 4.10. The minimum absolute atomic E-state index is 0.0534. The maximum absolute atomic E-state index is 12.5. The Morgan fingerprint density at radius 2 is 2.05 bits per heavy atom. The molecular weight excluding hydrogens is 265 g/mol. The molecule has 0 spiro atoms. The average Bonchev–Trinajstić information content (AvgIpc) is 2.38. The van der Waals surface area contributed by atoms with E-state index < -0.39 is 22.4 Å². The lowest BCUT2D eigenvalue weighted by molar-refractivity contribution is -0.384. The first kappa shape index (κ1) is 13.6. The number of nitrogens with zero attached hydrogens (tertiary/aromatic N) is 2. The third-order valence-electron chi connectivity index (χ3n) is 2.77. The van der Waals surface area contributed by atoms with Crippen LogP contribution in [0.1, 0.15) is 18.4 Å². The van der Waals surface area contributed by atoms with Crippen molar-refractivity contribution in [2.24, 2.45) is 0 Å². The van der Waals surface area contributed by atoms with Gasteiger partial charge in [-0.2, -0.15) is 13.2 Å². The Morgan fingerprint density at radius 1 is 1.32 bits per heavy atom. The molecule has 5 nitrogen and oxygen atoms in total. The molecule has 2 rings (SSSR count). The summed E-state index contributed by atoms with van der Waals surface area (Å²) in [5, 5.41) is 12.2. The third kappa shape index (κ3) is 2.95. The molecule has 0 atom stereocenters. The van der Waals surface area contributed by atoms with Crippen LogP contribution in [0.5, 0.6) is 0 Å². The van der Waals surface area contributed by atoms with Gasteiger partial charge >= 0.3 is 6.18 Å². The zero-order valence-electron chi connectivity index (χ0n) is 9.81. The first-order valence-electron chi connectivity index (χ1n) is 5.65. The van der Waals surface area contributed by atoms with E-state index in [1.807, 2.05) is 0 Å². The summed E-state index contributed by atoms with van der Waals surface area (Å²) in [6, 6.07) is 2.43. The second kappa shape index (κ2) is 5.04. The number of halogens is 3. The van der Waals surface area contributed by atoms with Crippen LogP contribution in [0.3, 0.4) is 0 Å². The molecule has 104 valence electrons. The number of alkyl halides is 3. The molecule has 0 unspecified atom stereocenters. The van der Waals surface area contributed by atoms with Gasteiger partial charge in [-0.3, -0.25) is 15.0 Å². The smallest absolute Gasteiger partial charge is 0.273 e. The Kier molecular flexibility index (Phi) is 3.61. The van der Waals surface area contributed by atoms with Gasteiger partial charge in [0, 0.05) is 12.6 Å². The Morgan fingerprint density at radius 3 is 2.58 bits per heavy atom. The molecule has 0 aromatic heterocycles.